The van der Waals surface area contributed by atoms with Crippen molar-refractivity contribution in [2.24, 2.45) is 0 Å². The lowest BCUT2D eigenvalue weighted by Gasteiger charge is -2.13. The summed E-state index contributed by atoms with van der Waals surface area (Å²) >= 11 is 13.5. The van der Waals surface area contributed by atoms with Crippen molar-refractivity contribution < 1.29 is 0 Å². The summed E-state index contributed by atoms with van der Waals surface area (Å²) in [4.78, 5) is 18.3. The fourth-order valence-corrected chi connectivity index (χ4v) is 4.47. The second-order valence-electron chi connectivity index (χ2n) is 6.93. The van der Waals surface area contributed by atoms with E-state index in [4.69, 9.17) is 28.2 Å². The molecular weight excluding hydrogens is 439 g/mol. The average molecular weight is 459 g/mol. The molecule has 0 bridgehead atoms. The molecule has 0 aliphatic carbocycles. The van der Waals surface area contributed by atoms with Crippen LogP contribution in [0.5, 0.6) is 0 Å². The van der Waals surface area contributed by atoms with Crippen LogP contribution in [0.2, 0.25) is 10.0 Å². The predicted octanol–water partition coefficient (Wildman–Crippen LogP) is 5.57. The van der Waals surface area contributed by atoms with Gasteiger partial charge in [0.05, 0.1) is 12.2 Å². The molecule has 2 aromatic carbocycles. The summed E-state index contributed by atoms with van der Waals surface area (Å²) < 4.78 is 3.45. The van der Waals surface area contributed by atoms with Crippen molar-refractivity contribution in [2.45, 2.75) is 37.8 Å². The van der Waals surface area contributed by atoms with E-state index < -0.39 is 0 Å². The van der Waals surface area contributed by atoms with Gasteiger partial charge < -0.3 is 0 Å². The molecule has 0 aliphatic rings. The van der Waals surface area contributed by atoms with Gasteiger partial charge in [0.2, 0.25) is 0 Å². The van der Waals surface area contributed by atoms with Gasteiger partial charge in [-0.3, -0.25) is 14.0 Å². The highest BCUT2D eigenvalue weighted by Crippen LogP contribution is 2.25. The number of aromatic nitrogens is 4. The summed E-state index contributed by atoms with van der Waals surface area (Å²) in [6.07, 6.45) is 0. The van der Waals surface area contributed by atoms with Crippen molar-refractivity contribution in [1.29, 1.82) is 0 Å². The zero-order chi connectivity index (χ0) is 21.3. The number of fused-ring (bicyclic) bond motifs is 1. The van der Waals surface area contributed by atoms with Crippen LogP contribution >= 0.6 is 35.0 Å². The van der Waals surface area contributed by atoms with Gasteiger partial charge in [0.25, 0.3) is 5.56 Å². The Morgan fingerprint density at radius 3 is 2.17 bits per heavy atom. The van der Waals surface area contributed by atoms with Gasteiger partial charge in [0.1, 0.15) is 5.52 Å². The Kier molecular flexibility index (Phi) is 6.18. The number of nitrogens with zero attached hydrogens (tertiary/aromatic N) is 4. The van der Waals surface area contributed by atoms with E-state index in [1.165, 1.54) is 11.8 Å². The molecule has 0 amide bonds. The molecule has 0 fully saturated rings. The Hall–Kier alpha value is -2.28. The first-order valence-corrected chi connectivity index (χ1v) is 11.3. The minimum absolute atomic E-state index is 0.0870. The molecule has 0 unspecified atom stereocenters. The summed E-state index contributed by atoms with van der Waals surface area (Å²) in [5, 5.41) is 6.52. The molecule has 154 valence electrons. The fourth-order valence-electron chi connectivity index (χ4n) is 3.27. The van der Waals surface area contributed by atoms with E-state index in [2.05, 4.69) is 5.10 Å². The van der Waals surface area contributed by atoms with E-state index >= 15 is 0 Å². The van der Waals surface area contributed by atoms with Crippen LogP contribution in [-0.4, -0.2) is 19.3 Å². The molecule has 0 aliphatic heterocycles. The van der Waals surface area contributed by atoms with Gasteiger partial charge in [-0.25, -0.2) is 4.98 Å². The standard InChI is InChI=1S/C22H20Cl2N4OS/c1-3-28-20-19(14(2)26-28)25-22(30-13-16-6-10-18(24)11-7-16)27(21(20)29)12-15-4-8-17(23)9-5-15/h4-11H,3,12-13H2,1-2H3. The van der Waals surface area contributed by atoms with Gasteiger partial charge in [0.15, 0.2) is 10.7 Å². The number of rotatable bonds is 6. The van der Waals surface area contributed by atoms with Crippen LogP contribution in [0.4, 0.5) is 0 Å². The van der Waals surface area contributed by atoms with Crippen LogP contribution < -0.4 is 5.56 Å². The lowest BCUT2D eigenvalue weighted by Crippen LogP contribution is -2.25. The summed E-state index contributed by atoms with van der Waals surface area (Å²) in [5.74, 6) is 0.677. The van der Waals surface area contributed by atoms with Crippen LogP contribution in [0.15, 0.2) is 58.5 Å². The Bertz CT molecular complexity index is 1250. The monoisotopic (exact) mass is 458 g/mol. The number of hydrogen-bond acceptors (Lipinski definition) is 4. The summed E-state index contributed by atoms with van der Waals surface area (Å²) in [6, 6.07) is 15.2. The van der Waals surface area contributed by atoms with E-state index in [0.29, 0.717) is 45.1 Å². The van der Waals surface area contributed by atoms with E-state index in [1.54, 1.807) is 9.25 Å². The molecule has 4 rings (SSSR count). The highest BCUT2D eigenvalue weighted by molar-refractivity contribution is 7.98. The summed E-state index contributed by atoms with van der Waals surface area (Å²) in [5.41, 5.74) is 3.97. The SMILES string of the molecule is CCn1nc(C)c2nc(SCc3ccc(Cl)cc3)n(Cc3ccc(Cl)cc3)c(=O)c21. The third-order valence-electron chi connectivity index (χ3n) is 4.82. The normalized spacial score (nSPS) is 11.3. The first-order valence-electron chi connectivity index (χ1n) is 9.56. The van der Waals surface area contributed by atoms with Crippen molar-refractivity contribution in [1.82, 2.24) is 19.3 Å². The van der Waals surface area contributed by atoms with Gasteiger partial charge in [-0.1, -0.05) is 59.2 Å². The molecule has 2 heterocycles. The van der Waals surface area contributed by atoms with Gasteiger partial charge in [-0.05, 0) is 49.2 Å². The second kappa shape index (κ2) is 8.84. The molecule has 0 radical (unpaired) electrons. The molecule has 8 heteroatoms. The minimum atomic E-state index is -0.0870. The maximum Gasteiger partial charge on any atom is 0.280 e. The van der Waals surface area contributed by atoms with Crippen molar-refractivity contribution in [3.05, 3.63) is 85.8 Å². The largest absolute Gasteiger partial charge is 0.281 e. The quantitative estimate of drug-likeness (QED) is 0.280. The molecule has 2 aromatic heterocycles. The maximum absolute atomic E-state index is 13.5. The van der Waals surface area contributed by atoms with Gasteiger partial charge in [-0.2, -0.15) is 5.10 Å². The van der Waals surface area contributed by atoms with E-state index in [1.807, 2.05) is 62.4 Å². The van der Waals surface area contributed by atoms with Crippen LogP contribution in [0.1, 0.15) is 23.7 Å². The van der Waals surface area contributed by atoms with E-state index in [9.17, 15) is 4.79 Å². The van der Waals surface area contributed by atoms with Crippen LogP contribution in [0.3, 0.4) is 0 Å². The number of thioether (sulfide) groups is 1. The molecule has 30 heavy (non-hydrogen) atoms. The lowest BCUT2D eigenvalue weighted by atomic mass is 10.2. The molecule has 4 aromatic rings. The third-order valence-corrected chi connectivity index (χ3v) is 6.37. The Morgan fingerprint density at radius 2 is 1.57 bits per heavy atom. The molecular formula is C22H20Cl2N4OS. The van der Waals surface area contributed by atoms with Crippen molar-refractivity contribution in [3.63, 3.8) is 0 Å². The van der Waals surface area contributed by atoms with Gasteiger partial charge in [0, 0.05) is 22.3 Å². The maximum atomic E-state index is 13.5. The minimum Gasteiger partial charge on any atom is -0.281 e. The predicted molar refractivity (Wildman–Crippen MR) is 124 cm³/mol. The first-order chi connectivity index (χ1) is 14.5. The fraction of sp³-hybridized carbons (Fsp3) is 0.227. The van der Waals surface area contributed by atoms with Crippen molar-refractivity contribution >= 4 is 46.0 Å². The van der Waals surface area contributed by atoms with Crippen LogP contribution in [-0.2, 0) is 18.8 Å². The lowest BCUT2D eigenvalue weighted by molar-refractivity contribution is 0.636. The molecule has 0 saturated heterocycles. The Balaban J connectivity index is 1.79. The van der Waals surface area contributed by atoms with Crippen LogP contribution in [0.25, 0.3) is 11.0 Å². The first kappa shape index (κ1) is 21.0. The second-order valence-corrected chi connectivity index (χ2v) is 8.74. The molecule has 0 atom stereocenters. The Morgan fingerprint density at radius 1 is 0.967 bits per heavy atom. The van der Waals surface area contributed by atoms with Gasteiger partial charge >= 0.3 is 0 Å². The smallest absolute Gasteiger partial charge is 0.280 e. The van der Waals surface area contributed by atoms with Crippen molar-refractivity contribution in [3.8, 4) is 0 Å². The number of halogens is 2. The van der Waals surface area contributed by atoms with Crippen molar-refractivity contribution in [2.75, 3.05) is 0 Å². The molecule has 0 saturated carbocycles. The van der Waals surface area contributed by atoms with E-state index in [-0.39, 0.29) is 5.56 Å². The third kappa shape index (κ3) is 4.26. The van der Waals surface area contributed by atoms with Gasteiger partial charge in [-0.15, -0.1) is 0 Å². The summed E-state index contributed by atoms with van der Waals surface area (Å²) in [7, 11) is 0. The molecule has 0 N–H and O–H groups in total. The molecule has 5 nitrogen and oxygen atoms in total. The Labute approximate surface area is 188 Å². The molecule has 0 spiro atoms. The topological polar surface area (TPSA) is 52.7 Å². The van der Waals surface area contributed by atoms with Crippen LogP contribution in [0, 0.1) is 6.92 Å². The number of benzene rings is 2. The highest BCUT2D eigenvalue weighted by atomic mass is 35.5. The zero-order valence-corrected chi connectivity index (χ0v) is 18.9. The number of aryl methyl sites for hydroxylation is 2. The van der Waals surface area contributed by atoms with E-state index in [0.717, 1.165) is 16.8 Å². The highest BCUT2D eigenvalue weighted by Gasteiger charge is 2.18. The summed E-state index contributed by atoms with van der Waals surface area (Å²) in [6.45, 7) is 4.88. The number of hydrogen-bond donors (Lipinski definition) is 0. The zero-order valence-electron chi connectivity index (χ0n) is 16.6. The average Bonchev–Trinajstić information content (AvgIpc) is 3.07.